The highest BCUT2D eigenvalue weighted by molar-refractivity contribution is 6.30. The Morgan fingerprint density at radius 3 is 2.38 bits per heavy atom. The molecular formula is C26H22ClNO4. The Morgan fingerprint density at radius 1 is 1.00 bits per heavy atom. The van der Waals surface area contributed by atoms with E-state index in [-0.39, 0.29) is 5.91 Å². The number of nitrogens with one attached hydrogen (secondary N) is 1. The average Bonchev–Trinajstić information content (AvgIpc) is 3.22. The molecule has 0 unspecified atom stereocenters. The van der Waals surface area contributed by atoms with Gasteiger partial charge in [0, 0.05) is 39.4 Å². The van der Waals surface area contributed by atoms with E-state index in [1.165, 1.54) is 0 Å². The van der Waals surface area contributed by atoms with E-state index in [0.717, 1.165) is 33.4 Å². The molecule has 0 aliphatic rings. The third kappa shape index (κ3) is 4.48. The quantitative estimate of drug-likeness (QED) is 0.330. The van der Waals surface area contributed by atoms with Gasteiger partial charge in [-0.05, 0) is 60.5 Å². The van der Waals surface area contributed by atoms with Gasteiger partial charge in [-0.3, -0.25) is 4.79 Å². The van der Waals surface area contributed by atoms with E-state index in [1.54, 1.807) is 50.8 Å². The standard InChI is InChI=1S/C26H22ClNO4/c1-16(12-26(29)28-19-8-10-20(30-2)11-9-19)21-13-22-23(17-4-6-18(27)7-5-17)15-32-25(22)14-24(21)31-3/h4-15H,1-3H3,(H,28,29)/b16-12+. The lowest BCUT2D eigenvalue weighted by molar-refractivity contribution is -0.111. The van der Waals surface area contributed by atoms with Crippen LogP contribution in [-0.4, -0.2) is 20.1 Å². The highest BCUT2D eigenvalue weighted by atomic mass is 35.5. The number of furan rings is 1. The predicted molar refractivity (Wildman–Crippen MR) is 128 cm³/mol. The van der Waals surface area contributed by atoms with Gasteiger partial charge in [-0.15, -0.1) is 0 Å². The van der Waals surface area contributed by atoms with Gasteiger partial charge in [0.2, 0.25) is 5.91 Å². The summed E-state index contributed by atoms with van der Waals surface area (Å²) in [5.41, 5.74) is 4.88. The zero-order valence-electron chi connectivity index (χ0n) is 17.9. The van der Waals surface area contributed by atoms with Crippen LogP contribution in [0.3, 0.4) is 0 Å². The maximum atomic E-state index is 12.6. The van der Waals surface area contributed by atoms with Gasteiger partial charge in [-0.2, -0.15) is 0 Å². The van der Waals surface area contributed by atoms with E-state index < -0.39 is 0 Å². The van der Waals surface area contributed by atoms with Gasteiger partial charge in [0.1, 0.15) is 17.1 Å². The van der Waals surface area contributed by atoms with Gasteiger partial charge < -0.3 is 19.2 Å². The smallest absolute Gasteiger partial charge is 0.248 e. The van der Waals surface area contributed by atoms with Gasteiger partial charge in [-0.1, -0.05) is 23.7 Å². The van der Waals surface area contributed by atoms with Crippen LogP contribution in [0.5, 0.6) is 11.5 Å². The van der Waals surface area contributed by atoms with E-state index in [0.29, 0.717) is 22.0 Å². The number of benzene rings is 3. The first-order chi connectivity index (χ1) is 15.5. The minimum absolute atomic E-state index is 0.236. The maximum absolute atomic E-state index is 12.6. The Kier molecular flexibility index (Phi) is 6.19. The van der Waals surface area contributed by atoms with Gasteiger partial charge in [-0.25, -0.2) is 0 Å². The van der Waals surface area contributed by atoms with E-state index in [1.807, 2.05) is 43.3 Å². The van der Waals surface area contributed by atoms with Crippen LogP contribution in [0.1, 0.15) is 12.5 Å². The lowest BCUT2D eigenvalue weighted by Crippen LogP contribution is -2.08. The molecule has 0 aliphatic heterocycles. The topological polar surface area (TPSA) is 60.7 Å². The molecule has 1 aromatic heterocycles. The van der Waals surface area contributed by atoms with Crippen LogP contribution < -0.4 is 14.8 Å². The molecule has 1 heterocycles. The van der Waals surface area contributed by atoms with Gasteiger partial charge in [0.05, 0.1) is 20.5 Å². The summed E-state index contributed by atoms with van der Waals surface area (Å²) in [5, 5.41) is 4.46. The molecule has 0 radical (unpaired) electrons. The Hall–Kier alpha value is -3.70. The third-order valence-corrected chi connectivity index (χ3v) is 5.43. The number of anilines is 1. The first-order valence-electron chi connectivity index (χ1n) is 9.97. The van der Waals surface area contributed by atoms with Crippen molar-refractivity contribution < 1.29 is 18.7 Å². The average molecular weight is 448 g/mol. The zero-order valence-corrected chi connectivity index (χ0v) is 18.7. The fraction of sp³-hybridized carbons (Fsp3) is 0.115. The predicted octanol–water partition coefficient (Wildman–Crippen LogP) is 6.81. The molecule has 3 aromatic carbocycles. The van der Waals surface area contributed by atoms with E-state index in [9.17, 15) is 4.79 Å². The molecule has 6 heteroatoms. The number of amides is 1. The Labute approximate surface area is 191 Å². The summed E-state index contributed by atoms with van der Waals surface area (Å²) >= 11 is 6.03. The monoisotopic (exact) mass is 447 g/mol. The molecule has 5 nitrogen and oxygen atoms in total. The number of hydrogen-bond donors (Lipinski definition) is 1. The Bertz CT molecular complexity index is 1290. The highest BCUT2D eigenvalue weighted by Crippen LogP contribution is 2.37. The zero-order chi connectivity index (χ0) is 22.7. The summed E-state index contributed by atoms with van der Waals surface area (Å²) in [6, 6.07) is 18.6. The van der Waals surface area contributed by atoms with Crippen molar-refractivity contribution >= 4 is 39.7 Å². The van der Waals surface area contributed by atoms with Crippen molar-refractivity contribution in [2.45, 2.75) is 6.92 Å². The molecule has 4 aromatic rings. The van der Waals surface area contributed by atoms with Gasteiger partial charge in [0.25, 0.3) is 0 Å². The van der Waals surface area contributed by atoms with Crippen LogP contribution in [0, 0.1) is 0 Å². The molecule has 0 saturated heterocycles. The number of fused-ring (bicyclic) bond motifs is 1. The number of carbonyl (C=O) groups excluding carboxylic acids is 1. The lowest BCUT2D eigenvalue weighted by atomic mass is 9.99. The summed E-state index contributed by atoms with van der Waals surface area (Å²) < 4.78 is 16.5. The van der Waals surface area contributed by atoms with Crippen molar-refractivity contribution in [3.63, 3.8) is 0 Å². The molecule has 0 aliphatic carbocycles. The number of rotatable bonds is 6. The fourth-order valence-electron chi connectivity index (χ4n) is 3.51. The molecule has 0 atom stereocenters. The summed E-state index contributed by atoms with van der Waals surface area (Å²) in [5.74, 6) is 1.12. The largest absolute Gasteiger partial charge is 0.497 e. The van der Waals surface area contributed by atoms with Crippen molar-refractivity contribution in [2.75, 3.05) is 19.5 Å². The molecule has 0 spiro atoms. The SMILES string of the molecule is COc1ccc(NC(=O)/C=C(\C)c2cc3c(-c4ccc(Cl)cc4)coc3cc2OC)cc1. The van der Waals surface area contributed by atoms with Crippen LogP contribution in [0.25, 0.3) is 27.7 Å². The van der Waals surface area contributed by atoms with Crippen molar-refractivity contribution in [1.29, 1.82) is 0 Å². The van der Waals surface area contributed by atoms with Crippen LogP contribution in [-0.2, 0) is 4.79 Å². The molecule has 32 heavy (non-hydrogen) atoms. The van der Waals surface area contributed by atoms with E-state index in [4.69, 9.17) is 25.5 Å². The van der Waals surface area contributed by atoms with E-state index in [2.05, 4.69) is 5.32 Å². The summed E-state index contributed by atoms with van der Waals surface area (Å²) in [6.45, 7) is 1.87. The summed E-state index contributed by atoms with van der Waals surface area (Å²) in [7, 11) is 3.20. The van der Waals surface area contributed by atoms with Gasteiger partial charge >= 0.3 is 0 Å². The van der Waals surface area contributed by atoms with Gasteiger partial charge in [0.15, 0.2) is 0 Å². The van der Waals surface area contributed by atoms with Crippen molar-refractivity contribution in [1.82, 2.24) is 0 Å². The number of methoxy groups -OCH3 is 2. The lowest BCUT2D eigenvalue weighted by Gasteiger charge is -2.10. The first kappa shape index (κ1) is 21.5. The minimum atomic E-state index is -0.236. The molecule has 0 fully saturated rings. The van der Waals surface area contributed by atoms with E-state index >= 15 is 0 Å². The molecule has 1 N–H and O–H groups in total. The number of carbonyl (C=O) groups is 1. The van der Waals surface area contributed by atoms with Crippen LogP contribution in [0.2, 0.25) is 5.02 Å². The Balaban J connectivity index is 1.67. The molecule has 1 amide bonds. The number of halogens is 1. The van der Waals surface area contributed by atoms with Crippen molar-refractivity contribution in [2.24, 2.45) is 0 Å². The van der Waals surface area contributed by atoms with Crippen LogP contribution in [0.4, 0.5) is 5.69 Å². The number of allylic oxidation sites excluding steroid dienone is 1. The first-order valence-corrected chi connectivity index (χ1v) is 10.3. The summed E-state index contributed by atoms with van der Waals surface area (Å²) in [4.78, 5) is 12.6. The van der Waals surface area contributed by atoms with Crippen LogP contribution >= 0.6 is 11.6 Å². The number of ether oxygens (including phenoxy) is 2. The Morgan fingerprint density at radius 2 is 1.72 bits per heavy atom. The molecule has 0 bridgehead atoms. The minimum Gasteiger partial charge on any atom is -0.497 e. The molecule has 162 valence electrons. The van der Waals surface area contributed by atoms with Crippen molar-refractivity contribution in [3.8, 4) is 22.6 Å². The summed E-state index contributed by atoms with van der Waals surface area (Å²) in [6.07, 6.45) is 3.27. The fourth-order valence-corrected chi connectivity index (χ4v) is 3.64. The second-order valence-corrected chi connectivity index (χ2v) is 7.69. The van der Waals surface area contributed by atoms with Crippen molar-refractivity contribution in [3.05, 3.63) is 83.6 Å². The van der Waals surface area contributed by atoms with Crippen LogP contribution in [0.15, 0.2) is 77.4 Å². The second kappa shape index (κ2) is 9.20. The normalized spacial score (nSPS) is 11.4. The number of hydrogen-bond acceptors (Lipinski definition) is 4. The second-order valence-electron chi connectivity index (χ2n) is 7.25. The maximum Gasteiger partial charge on any atom is 0.248 e. The molecule has 4 rings (SSSR count). The highest BCUT2D eigenvalue weighted by Gasteiger charge is 2.15. The molecular weight excluding hydrogens is 426 g/mol. The third-order valence-electron chi connectivity index (χ3n) is 5.18. The molecule has 0 saturated carbocycles.